The summed E-state index contributed by atoms with van der Waals surface area (Å²) in [6, 6.07) is 15.9. The predicted molar refractivity (Wildman–Crippen MR) is 133 cm³/mol. The van der Waals surface area contributed by atoms with E-state index in [9.17, 15) is 9.59 Å². The van der Waals surface area contributed by atoms with Crippen molar-refractivity contribution in [3.63, 3.8) is 0 Å². The molecular weight excluding hydrogens is 420 g/mol. The Kier molecular flexibility index (Phi) is 7.15. The van der Waals surface area contributed by atoms with Crippen molar-refractivity contribution in [1.29, 1.82) is 0 Å². The summed E-state index contributed by atoms with van der Waals surface area (Å²) in [5, 5.41) is 5.76. The number of hydrogen-bond donors (Lipinski definition) is 2. The Labute approximate surface area is 193 Å². The van der Waals surface area contributed by atoms with Crippen LogP contribution in [0.2, 0.25) is 0 Å². The van der Waals surface area contributed by atoms with Crippen LogP contribution in [0.15, 0.2) is 53.5 Å². The summed E-state index contributed by atoms with van der Waals surface area (Å²) in [5.41, 5.74) is 3.97. The Morgan fingerprint density at radius 1 is 1.09 bits per heavy atom. The first-order valence-electron chi connectivity index (χ1n) is 11.3. The van der Waals surface area contributed by atoms with Gasteiger partial charge in [0.25, 0.3) is 0 Å². The quantitative estimate of drug-likeness (QED) is 0.646. The highest BCUT2D eigenvalue weighted by atomic mass is 32.2. The lowest BCUT2D eigenvalue weighted by Gasteiger charge is -2.28. The largest absolute Gasteiger partial charge is 0.372 e. The summed E-state index contributed by atoms with van der Waals surface area (Å²) in [4.78, 5) is 31.7. The van der Waals surface area contributed by atoms with Crippen LogP contribution >= 0.6 is 11.8 Å². The average molecular weight is 451 g/mol. The highest BCUT2D eigenvalue weighted by Gasteiger charge is 2.32. The van der Waals surface area contributed by atoms with Crippen molar-refractivity contribution in [2.75, 3.05) is 23.3 Å². The lowest BCUT2D eigenvalue weighted by atomic mass is 10.0. The van der Waals surface area contributed by atoms with Crippen LogP contribution in [0.25, 0.3) is 0 Å². The minimum absolute atomic E-state index is 0.107. The van der Waals surface area contributed by atoms with Gasteiger partial charge >= 0.3 is 0 Å². The molecular formula is C25H30N4O2S. The van der Waals surface area contributed by atoms with E-state index in [1.165, 1.54) is 42.3 Å². The van der Waals surface area contributed by atoms with Crippen LogP contribution in [-0.4, -0.2) is 35.3 Å². The van der Waals surface area contributed by atoms with Gasteiger partial charge in [0.15, 0.2) is 5.17 Å². The maximum absolute atomic E-state index is 12.5. The predicted octanol–water partition coefficient (Wildman–Crippen LogP) is 5.05. The van der Waals surface area contributed by atoms with Crippen LogP contribution in [0.4, 0.5) is 17.1 Å². The Morgan fingerprint density at radius 3 is 2.44 bits per heavy atom. The zero-order chi connectivity index (χ0) is 22.5. The summed E-state index contributed by atoms with van der Waals surface area (Å²) >= 11 is 1.31. The Bertz CT molecular complexity index is 980. The van der Waals surface area contributed by atoms with Crippen molar-refractivity contribution in [2.24, 2.45) is 4.99 Å². The molecule has 2 aliphatic rings. The highest BCUT2D eigenvalue weighted by molar-refractivity contribution is 8.15. The number of benzene rings is 2. The van der Waals surface area contributed by atoms with E-state index in [-0.39, 0.29) is 18.2 Å². The second kappa shape index (κ2) is 10.2. The van der Waals surface area contributed by atoms with Gasteiger partial charge in [-0.15, -0.1) is 0 Å². The van der Waals surface area contributed by atoms with Crippen LogP contribution in [0.5, 0.6) is 0 Å². The minimum atomic E-state index is -0.476. The van der Waals surface area contributed by atoms with Gasteiger partial charge in [-0.3, -0.25) is 9.59 Å². The maximum atomic E-state index is 12.5. The topological polar surface area (TPSA) is 73.8 Å². The molecule has 2 amide bonds. The molecule has 0 bridgehead atoms. The molecule has 2 heterocycles. The van der Waals surface area contributed by atoms with Gasteiger partial charge in [0.2, 0.25) is 11.8 Å². The average Bonchev–Trinajstić information content (AvgIpc) is 3.13. The zero-order valence-electron chi connectivity index (χ0n) is 18.6. The number of anilines is 2. The molecule has 168 valence electrons. The molecule has 1 atom stereocenters. The molecule has 6 nitrogen and oxygen atoms in total. The van der Waals surface area contributed by atoms with Gasteiger partial charge in [-0.05, 0) is 67.1 Å². The molecule has 2 aliphatic heterocycles. The van der Waals surface area contributed by atoms with Crippen molar-refractivity contribution in [2.45, 2.75) is 50.7 Å². The van der Waals surface area contributed by atoms with Gasteiger partial charge in [-0.25, -0.2) is 4.99 Å². The summed E-state index contributed by atoms with van der Waals surface area (Å²) in [6.07, 6.45) is 3.87. The van der Waals surface area contributed by atoms with Gasteiger partial charge in [0.05, 0.1) is 5.69 Å². The van der Waals surface area contributed by atoms with Crippen LogP contribution in [-0.2, 0) is 9.59 Å². The molecule has 2 aromatic rings. The standard InChI is InChI=1S/C25H30N4O2S/c1-17(2)18-6-8-20(9-7-18)27-25-28-24(31)22(32-25)16-23(30)26-19-10-12-21(13-11-19)29-14-4-3-5-15-29/h6-13,17,22H,3-5,14-16H2,1-2H3,(H,26,30)(H,27,28,31). The Morgan fingerprint density at radius 2 is 1.78 bits per heavy atom. The third-order valence-electron chi connectivity index (χ3n) is 5.81. The zero-order valence-corrected chi connectivity index (χ0v) is 19.5. The lowest BCUT2D eigenvalue weighted by molar-refractivity contribution is -0.122. The van der Waals surface area contributed by atoms with Crippen molar-refractivity contribution in [3.8, 4) is 0 Å². The molecule has 4 rings (SSSR count). The number of rotatable bonds is 6. The lowest BCUT2D eigenvalue weighted by Crippen LogP contribution is -2.29. The summed E-state index contributed by atoms with van der Waals surface area (Å²) in [5.74, 6) is 0.107. The molecule has 2 saturated heterocycles. The van der Waals surface area contributed by atoms with E-state index in [1.54, 1.807) is 0 Å². The van der Waals surface area contributed by atoms with Gasteiger partial charge in [0.1, 0.15) is 5.25 Å². The molecule has 2 aromatic carbocycles. The number of nitrogens with one attached hydrogen (secondary N) is 2. The molecule has 0 saturated carbocycles. The Hall–Kier alpha value is -2.80. The van der Waals surface area contributed by atoms with E-state index >= 15 is 0 Å². The van der Waals surface area contributed by atoms with Crippen LogP contribution in [0, 0.1) is 0 Å². The first kappa shape index (κ1) is 22.4. The van der Waals surface area contributed by atoms with Gasteiger partial charge < -0.3 is 15.5 Å². The fourth-order valence-electron chi connectivity index (χ4n) is 3.93. The smallest absolute Gasteiger partial charge is 0.240 e. The molecule has 32 heavy (non-hydrogen) atoms. The third kappa shape index (κ3) is 5.71. The van der Waals surface area contributed by atoms with Crippen molar-refractivity contribution < 1.29 is 9.59 Å². The van der Waals surface area contributed by atoms with Crippen molar-refractivity contribution in [3.05, 3.63) is 54.1 Å². The van der Waals surface area contributed by atoms with Crippen molar-refractivity contribution in [1.82, 2.24) is 5.32 Å². The first-order chi connectivity index (χ1) is 15.5. The first-order valence-corrected chi connectivity index (χ1v) is 12.2. The molecule has 2 fully saturated rings. The number of hydrogen-bond acceptors (Lipinski definition) is 5. The number of carbonyl (C=O) groups excluding carboxylic acids is 2. The molecule has 1 unspecified atom stereocenters. The van der Waals surface area contributed by atoms with Crippen LogP contribution in [0.1, 0.15) is 51.0 Å². The van der Waals surface area contributed by atoms with Crippen molar-refractivity contribution >= 4 is 45.8 Å². The van der Waals surface area contributed by atoms with E-state index in [2.05, 4.69) is 34.4 Å². The van der Waals surface area contributed by atoms with E-state index in [1.807, 2.05) is 48.5 Å². The SMILES string of the molecule is CC(C)c1ccc(N=C2NC(=O)C(CC(=O)Nc3ccc(N4CCCCC4)cc3)S2)cc1. The fourth-order valence-corrected chi connectivity index (χ4v) is 4.92. The van der Waals surface area contributed by atoms with Gasteiger partial charge in [-0.1, -0.05) is 37.7 Å². The van der Waals surface area contributed by atoms with Crippen LogP contribution in [0.3, 0.4) is 0 Å². The molecule has 0 spiro atoms. The van der Waals surface area contributed by atoms with Crippen LogP contribution < -0.4 is 15.5 Å². The molecule has 0 radical (unpaired) electrons. The number of amidine groups is 1. The van der Waals surface area contributed by atoms with Gasteiger partial charge in [-0.2, -0.15) is 0 Å². The number of piperidine rings is 1. The van der Waals surface area contributed by atoms with E-state index < -0.39 is 5.25 Å². The number of aliphatic imine (C=N–C) groups is 1. The third-order valence-corrected chi connectivity index (χ3v) is 6.89. The summed E-state index contributed by atoms with van der Waals surface area (Å²) in [7, 11) is 0. The van der Waals surface area contributed by atoms with E-state index in [0.717, 1.165) is 24.5 Å². The minimum Gasteiger partial charge on any atom is -0.372 e. The normalized spacial score (nSPS) is 20.0. The molecule has 0 aromatic heterocycles. The monoisotopic (exact) mass is 450 g/mol. The van der Waals surface area contributed by atoms with E-state index in [0.29, 0.717) is 11.1 Å². The second-order valence-corrected chi connectivity index (χ2v) is 9.80. The summed E-state index contributed by atoms with van der Waals surface area (Å²) < 4.78 is 0. The molecule has 7 heteroatoms. The number of carbonyl (C=O) groups is 2. The maximum Gasteiger partial charge on any atom is 0.240 e. The van der Waals surface area contributed by atoms with E-state index in [4.69, 9.17) is 0 Å². The molecule has 2 N–H and O–H groups in total. The second-order valence-electron chi connectivity index (χ2n) is 8.61. The number of amides is 2. The Balaban J connectivity index is 1.31. The number of thioether (sulfide) groups is 1. The number of nitrogens with zero attached hydrogens (tertiary/aromatic N) is 2. The summed E-state index contributed by atoms with van der Waals surface area (Å²) in [6.45, 7) is 6.47. The van der Waals surface area contributed by atoms with Gasteiger partial charge in [0, 0.05) is 30.9 Å². The molecule has 0 aliphatic carbocycles. The fraction of sp³-hybridized carbons (Fsp3) is 0.400. The highest BCUT2D eigenvalue weighted by Crippen LogP contribution is 2.27.